The second kappa shape index (κ2) is 5.06. The predicted molar refractivity (Wildman–Crippen MR) is 69.6 cm³/mol. The second-order valence-corrected chi connectivity index (χ2v) is 4.48. The molecule has 0 spiro atoms. The molecule has 0 N–H and O–H groups in total. The number of hydrogen-bond donors (Lipinski definition) is 0. The third kappa shape index (κ3) is 2.57. The zero-order valence-electron chi connectivity index (χ0n) is 10.8. The normalized spacial score (nSPS) is 10.8. The van der Waals surface area contributed by atoms with Crippen molar-refractivity contribution in [2.24, 2.45) is 0 Å². The SMILES string of the molecule is CC.CC(C)(C)c1ccnc2ncccc12. The lowest BCUT2D eigenvalue weighted by atomic mass is 9.85. The third-order valence-electron chi connectivity index (χ3n) is 2.32. The van der Waals surface area contributed by atoms with Gasteiger partial charge in [-0.3, -0.25) is 0 Å². The summed E-state index contributed by atoms with van der Waals surface area (Å²) in [6, 6.07) is 6.11. The van der Waals surface area contributed by atoms with Crippen molar-refractivity contribution in [1.29, 1.82) is 0 Å². The summed E-state index contributed by atoms with van der Waals surface area (Å²) in [5, 5.41) is 1.16. The molecule has 0 amide bonds. The van der Waals surface area contributed by atoms with Gasteiger partial charge in [0.15, 0.2) is 5.65 Å². The minimum atomic E-state index is 0.143. The van der Waals surface area contributed by atoms with E-state index in [-0.39, 0.29) is 5.41 Å². The van der Waals surface area contributed by atoms with Crippen LogP contribution in [0.25, 0.3) is 11.0 Å². The molecule has 0 radical (unpaired) electrons. The number of aromatic nitrogens is 2. The largest absolute Gasteiger partial charge is 0.237 e. The molecule has 0 saturated carbocycles. The lowest BCUT2D eigenvalue weighted by Gasteiger charge is -2.20. The van der Waals surface area contributed by atoms with Crippen LogP contribution in [0.1, 0.15) is 40.2 Å². The maximum absolute atomic E-state index is 4.24. The van der Waals surface area contributed by atoms with Crippen molar-refractivity contribution in [2.45, 2.75) is 40.0 Å². The molecule has 0 fully saturated rings. The molecule has 0 atom stereocenters. The molecule has 0 unspecified atom stereocenters. The predicted octanol–water partition coefficient (Wildman–Crippen LogP) is 3.95. The Kier molecular flexibility index (Phi) is 3.99. The van der Waals surface area contributed by atoms with Gasteiger partial charge < -0.3 is 0 Å². The highest BCUT2D eigenvalue weighted by Crippen LogP contribution is 2.27. The Morgan fingerprint density at radius 2 is 1.56 bits per heavy atom. The number of rotatable bonds is 0. The van der Waals surface area contributed by atoms with Gasteiger partial charge in [-0.05, 0) is 29.2 Å². The molecule has 2 rings (SSSR count). The zero-order chi connectivity index (χ0) is 12.2. The average Bonchev–Trinajstić information content (AvgIpc) is 2.30. The molecule has 0 aliphatic heterocycles. The Labute approximate surface area is 97.7 Å². The van der Waals surface area contributed by atoms with Crippen molar-refractivity contribution >= 4 is 11.0 Å². The Bertz CT molecular complexity index is 450. The van der Waals surface area contributed by atoms with Crippen LogP contribution in [0, 0.1) is 0 Å². The fourth-order valence-electron chi connectivity index (χ4n) is 1.64. The van der Waals surface area contributed by atoms with E-state index in [9.17, 15) is 0 Å². The quantitative estimate of drug-likeness (QED) is 0.666. The first-order valence-corrected chi connectivity index (χ1v) is 5.79. The summed E-state index contributed by atoms with van der Waals surface area (Å²) in [6.07, 6.45) is 3.61. The van der Waals surface area contributed by atoms with Crippen molar-refractivity contribution in [2.75, 3.05) is 0 Å². The van der Waals surface area contributed by atoms with Crippen LogP contribution >= 0.6 is 0 Å². The van der Waals surface area contributed by atoms with E-state index in [0.29, 0.717) is 0 Å². The molecule has 86 valence electrons. The van der Waals surface area contributed by atoms with E-state index in [1.165, 1.54) is 5.56 Å². The van der Waals surface area contributed by atoms with Gasteiger partial charge in [-0.2, -0.15) is 0 Å². The Morgan fingerprint density at radius 3 is 2.19 bits per heavy atom. The van der Waals surface area contributed by atoms with Crippen molar-refractivity contribution in [1.82, 2.24) is 9.97 Å². The van der Waals surface area contributed by atoms with Crippen LogP contribution in [0.15, 0.2) is 30.6 Å². The number of fused-ring (bicyclic) bond motifs is 1. The van der Waals surface area contributed by atoms with Gasteiger partial charge >= 0.3 is 0 Å². The summed E-state index contributed by atoms with van der Waals surface area (Å²) in [5.41, 5.74) is 2.28. The third-order valence-corrected chi connectivity index (χ3v) is 2.32. The van der Waals surface area contributed by atoms with E-state index in [1.54, 1.807) is 6.20 Å². The Hall–Kier alpha value is -1.44. The molecule has 2 nitrogen and oxygen atoms in total. The minimum Gasteiger partial charge on any atom is -0.237 e. The van der Waals surface area contributed by atoms with Gasteiger partial charge in [0.05, 0.1) is 0 Å². The van der Waals surface area contributed by atoms with E-state index in [1.807, 2.05) is 26.1 Å². The van der Waals surface area contributed by atoms with Gasteiger partial charge in [0.1, 0.15) is 0 Å². The summed E-state index contributed by atoms with van der Waals surface area (Å²) in [7, 11) is 0. The van der Waals surface area contributed by atoms with Gasteiger partial charge in [0.2, 0.25) is 0 Å². The Balaban J connectivity index is 0.000000606. The van der Waals surface area contributed by atoms with Crippen molar-refractivity contribution in [3.8, 4) is 0 Å². The van der Waals surface area contributed by atoms with E-state index in [4.69, 9.17) is 0 Å². The van der Waals surface area contributed by atoms with Crippen molar-refractivity contribution in [3.63, 3.8) is 0 Å². The van der Waals surface area contributed by atoms with E-state index >= 15 is 0 Å². The molecular formula is C14H20N2. The van der Waals surface area contributed by atoms with Crippen LogP contribution in [0.2, 0.25) is 0 Å². The molecule has 0 aromatic carbocycles. The maximum atomic E-state index is 4.24. The summed E-state index contributed by atoms with van der Waals surface area (Å²) >= 11 is 0. The van der Waals surface area contributed by atoms with Crippen LogP contribution in [0.4, 0.5) is 0 Å². The van der Waals surface area contributed by atoms with Gasteiger partial charge in [0.25, 0.3) is 0 Å². The molecule has 0 saturated heterocycles. The van der Waals surface area contributed by atoms with E-state index in [0.717, 1.165) is 11.0 Å². The molecule has 0 bridgehead atoms. The van der Waals surface area contributed by atoms with E-state index in [2.05, 4.69) is 42.9 Å². The Morgan fingerprint density at radius 1 is 0.938 bits per heavy atom. The van der Waals surface area contributed by atoms with Crippen molar-refractivity contribution in [3.05, 3.63) is 36.2 Å². The fourth-order valence-corrected chi connectivity index (χ4v) is 1.64. The fraction of sp³-hybridized carbons (Fsp3) is 0.429. The second-order valence-electron chi connectivity index (χ2n) is 4.48. The first kappa shape index (κ1) is 12.6. The molecule has 16 heavy (non-hydrogen) atoms. The van der Waals surface area contributed by atoms with Gasteiger partial charge in [-0.25, -0.2) is 9.97 Å². The number of pyridine rings is 2. The summed E-state index contributed by atoms with van der Waals surface area (Å²) in [5.74, 6) is 0. The average molecular weight is 216 g/mol. The highest BCUT2D eigenvalue weighted by Gasteiger charge is 2.16. The highest BCUT2D eigenvalue weighted by atomic mass is 14.8. The summed E-state index contributed by atoms with van der Waals surface area (Å²) < 4.78 is 0. The lowest BCUT2D eigenvalue weighted by molar-refractivity contribution is 0.595. The zero-order valence-corrected chi connectivity index (χ0v) is 10.8. The van der Waals surface area contributed by atoms with Crippen LogP contribution in [-0.4, -0.2) is 9.97 Å². The van der Waals surface area contributed by atoms with Gasteiger partial charge in [-0.15, -0.1) is 0 Å². The lowest BCUT2D eigenvalue weighted by Crippen LogP contribution is -2.12. The highest BCUT2D eigenvalue weighted by molar-refractivity contribution is 5.79. The van der Waals surface area contributed by atoms with E-state index < -0.39 is 0 Å². The maximum Gasteiger partial charge on any atom is 0.159 e. The van der Waals surface area contributed by atoms with Gasteiger partial charge in [0, 0.05) is 17.8 Å². The molecule has 0 aliphatic carbocycles. The van der Waals surface area contributed by atoms with Crippen molar-refractivity contribution < 1.29 is 0 Å². The van der Waals surface area contributed by atoms with Crippen LogP contribution in [-0.2, 0) is 5.41 Å². The molecule has 2 aromatic heterocycles. The molecule has 2 aromatic rings. The standard InChI is InChI=1S/C12H14N2.C2H6/c1-12(2,3)10-6-8-14-11-9(10)5-4-7-13-11;1-2/h4-8H,1-3H3;1-2H3. The smallest absolute Gasteiger partial charge is 0.159 e. The molecule has 2 heterocycles. The van der Waals surface area contributed by atoms with Crippen LogP contribution in [0.5, 0.6) is 0 Å². The topological polar surface area (TPSA) is 25.8 Å². The first-order valence-electron chi connectivity index (χ1n) is 5.79. The molecule has 0 aliphatic rings. The first-order chi connectivity index (χ1) is 7.59. The monoisotopic (exact) mass is 216 g/mol. The number of hydrogen-bond acceptors (Lipinski definition) is 2. The van der Waals surface area contributed by atoms with Crippen LogP contribution < -0.4 is 0 Å². The van der Waals surface area contributed by atoms with Crippen LogP contribution in [0.3, 0.4) is 0 Å². The minimum absolute atomic E-state index is 0.143. The number of nitrogens with zero attached hydrogens (tertiary/aromatic N) is 2. The summed E-state index contributed by atoms with van der Waals surface area (Å²) in [6.45, 7) is 10.6. The molecular weight excluding hydrogens is 196 g/mol. The van der Waals surface area contributed by atoms with Gasteiger partial charge in [-0.1, -0.05) is 34.6 Å². The molecule has 2 heteroatoms. The summed E-state index contributed by atoms with van der Waals surface area (Å²) in [4.78, 5) is 8.49.